The third kappa shape index (κ3) is 3.07. The molecule has 0 amide bonds. The molecule has 0 saturated carbocycles. The maximum Gasteiger partial charge on any atom is 0.0555 e. The minimum atomic E-state index is 0.582. The van der Waals surface area contributed by atoms with E-state index in [1.165, 1.54) is 66.5 Å². The monoisotopic (exact) mass is 338 g/mol. The van der Waals surface area contributed by atoms with Crippen molar-refractivity contribution in [3.05, 3.63) is 48.5 Å². The molecule has 2 aromatic carbocycles. The first kappa shape index (κ1) is 16.0. The summed E-state index contributed by atoms with van der Waals surface area (Å²) in [6, 6.07) is 18.4. The Morgan fingerprint density at radius 2 is 1.67 bits per heavy atom. The molecule has 1 unspecified atom stereocenters. The van der Waals surface area contributed by atoms with Crippen molar-refractivity contribution in [2.45, 2.75) is 48.4 Å². The average molecular weight is 339 g/mol. The molecule has 2 aromatic rings. The number of rotatable bonds is 4. The summed E-state index contributed by atoms with van der Waals surface area (Å²) >= 11 is 1.91. The predicted octanol–water partition coefficient (Wildman–Crippen LogP) is 5.55. The van der Waals surface area contributed by atoms with E-state index in [0.717, 1.165) is 0 Å². The Morgan fingerprint density at radius 3 is 2.33 bits per heavy atom. The Bertz CT molecular complexity index is 654. The standard InChI is InChI=1S/C21H26N2S/c1-2-3-14-22-15-8-9-17(16-22)23-18-10-4-6-12-20(18)24-21-13-7-5-11-19(21)23/h4-7,10-13,17H,2-3,8-9,14-16H2,1H3. The first-order valence-corrected chi connectivity index (χ1v) is 10.1. The van der Waals surface area contributed by atoms with Crippen molar-refractivity contribution < 1.29 is 0 Å². The number of likely N-dealkylation sites (tertiary alicyclic amines) is 1. The zero-order valence-corrected chi connectivity index (χ0v) is 15.3. The lowest BCUT2D eigenvalue weighted by Crippen LogP contribution is -2.47. The van der Waals surface area contributed by atoms with Gasteiger partial charge in [-0.25, -0.2) is 0 Å². The van der Waals surface area contributed by atoms with E-state index in [1.54, 1.807) is 0 Å². The van der Waals surface area contributed by atoms with Crippen LogP contribution in [0, 0.1) is 0 Å². The zero-order chi connectivity index (χ0) is 16.4. The number of hydrogen-bond donors (Lipinski definition) is 0. The maximum atomic E-state index is 2.67. The number of hydrogen-bond acceptors (Lipinski definition) is 3. The van der Waals surface area contributed by atoms with E-state index < -0.39 is 0 Å². The lowest BCUT2D eigenvalue weighted by molar-refractivity contribution is 0.205. The van der Waals surface area contributed by atoms with Crippen molar-refractivity contribution in [1.82, 2.24) is 4.90 Å². The van der Waals surface area contributed by atoms with Gasteiger partial charge >= 0.3 is 0 Å². The summed E-state index contributed by atoms with van der Waals surface area (Å²) in [5.41, 5.74) is 2.78. The molecule has 0 spiro atoms. The van der Waals surface area contributed by atoms with Crippen molar-refractivity contribution >= 4 is 23.1 Å². The summed E-state index contributed by atoms with van der Waals surface area (Å²) in [5.74, 6) is 0. The van der Waals surface area contributed by atoms with Crippen LogP contribution in [0.25, 0.3) is 0 Å². The molecule has 0 aromatic heterocycles. The molecule has 0 bridgehead atoms. The molecule has 1 fully saturated rings. The number of fused-ring (bicyclic) bond motifs is 2. The fourth-order valence-corrected chi connectivity index (χ4v) is 5.03. The molecule has 1 atom stereocenters. The molecule has 2 aliphatic rings. The topological polar surface area (TPSA) is 6.48 Å². The number of benzene rings is 2. The molecule has 4 rings (SSSR count). The first-order valence-electron chi connectivity index (χ1n) is 9.24. The molecule has 24 heavy (non-hydrogen) atoms. The van der Waals surface area contributed by atoms with Crippen LogP contribution in [0.4, 0.5) is 11.4 Å². The Labute approximate surface area is 149 Å². The zero-order valence-electron chi connectivity index (χ0n) is 14.4. The molecule has 0 radical (unpaired) electrons. The number of unbranched alkanes of at least 4 members (excludes halogenated alkanes) is 1. The Balaban J connectivity index is 1.67. The van der Waals surface area contributed by atoms with E-state index in [9.17, 15) is 0 Å². The van der Waals surface area contributed by atoms with E-state index in [-0.39, 0.29) is 0 Å². The minimum absolute atomic E-state index is 0.582. The van der Waals surface area contributed by atoms with Crippen molar-refractivity contribution in [3.8, 4) is 0 Å². The second kappa shape index (κ2) is 7.20. The molecule has 2 aliphatic heterocycles. The van der Waals surface area contributed by atoms with Gasteiger partial charge in [0.25, 0.3) is 0 Å². The van der Waals surface area contributed by atoms with Gasteiger partial charge in [-0.05, 0) is 56.6 Å². The summed E-state index contributed by atoms with van der Waals surface area (Å²) in [7, 11) is 0. The van der Waals surface area contributed by atoms with Crippen LogP contribution in [0.2, 0.25) is 0 Å². The summed E-state index contributed by atoms with van der Waals surface area (Å²) in [6.07, 6.45) is 5.20. The van der Waals surface area contributed by atoms with Crippen LogP contribution in [0.1, 0.15) is 32.6 Å². The van der Waals surface area contributed by atoms with Crippen molar-refractivity contribution in [3.63, 3.8) is 0 Å². The van der Waals surface area contributed by atoms with Crippen LogP contribution < -0.4 is 4.90 Å². The third-order valence-electron chi connectivity index (χ3n) is 5.14. The van der Waals surface area contributed by atoms with Crippen LogP contribution in [0.3, 0.4) is 0 Å². The third-order valence-corrected chi connectivity index (χ3v) is 6.27. The fraction of sp³-hybridized carbons (Fsp3) is 0.429. The van der Waals surface area contributed by atoms with Gasteiger partial charge in [-0.15, -0.1) is 0 Å². The number of nitrogens with zero attached hydrogens (tertiary/aromatic N) is 2. The molecule has 3 heteroatoms. The fourth-order valence-electron chi connectivity index (χ4n) is 3.95. The molecule has 0 aliphatic carbocycles. The quantitative estimate of drug-likeness (QED) is 0.721. The van der Waals surface area contributed by atoms with E-state index in [0.29, 0.717) is 6.04 Å². The highest BCUT2D eigenvalue weighted by molar-refractivity contribution is 7.99. The summed E-state index contributed by atoms with van der Waals surface area (Å²) < 4.78 is 0. The Hall–Kier alpha value is -1.45. The van der Waals surface area contributed by atoms with Crippen LogP contribution >= 0.6 is 11.8 Å². The largest absolute Gasteiger partial charge is 0.335 e. The normalized spacial score (nSPS) is 20.5. The highest BCUT2D eigenvalue weighted by Crippen LogP contribution is 2.49. The van der Waals surface area contributed by atoms with E-state index >= 15 is 0 Å². The van der Waals surface area contributed by atoms with Gasteiger partial charge in [0.15, 0.2) is 0 Å². The smallest absolute Gasteiger partial charge is 0.0555 e. The highest BCUT2D eigenvalue weighted by atomic mass is 32.2. The minimum Gasteiger partial charge on any atom is -0.335 e. The Kier molecular flexibility index (Phi) is 4.81. The van der Waals surface area contributed by atoms with Gasteiger partial charge in [0, 0.05) is 22.4 Å². The second-order valence-corrected chi connectivity index (χ2v) is 7.94. The van der Waals surface area contributed by atoms with E-state index in [4.69, 9.17) is 0 Å². The molecule has 1 saturated heterocycles. The van der Waals surface area contributed by atoms with Crippen molar-refractivity contribution in [1.29, 1.82) is 0 Å². The Morgan fingerprint density at radius 1 is 1.00 bits per heavy atom. The molecular weight excluding hydrogens is 312 g/mol. The summed E-state index contributed by atoms with van der Waals surface area (Å²) in [5, 5.41) is 0. The number of anilines is 2. The van der Waals surface area contributed by atoms with Crippen LogP contribution in [0.15, 0.2) is 58.3 Å². The van der Waals surface area contributed by atoms with Gasteiger partial charge in [-0.2, -0.15) is 0 Å². The van der Waals surface area contributed by atoms with Gasteiger partial charge in [0.05, 0.1) is 11.4 Å². The van der Waals surface area contributed by atoms with Gasteiger partial charge in [-0.3, -0.25) is 0 Å². The lowest BCUT2D eigenvalue weighted by Gasteiger charge is -2.43. The molecule has 2 nitrogen and oxygen atoms in total. The van der Waals surface area contributed by atoms with Crippen LogP contribution in [-0.2, 0) is 0 Å². The number of piperidine rings is 1. The second-order valence-electron chi connectivity index (χ2n) is 6.86. The SMILES string of the molecule is CCCCN1CCCC(N2c3ccccc3Sc3ccccc32)C1. The first-order chi connectivity index (χ1) is 11.9. The molecule has 126 valence electrons. The van der Waals surface area contributed by atoms with Gasteiger partial charge in [0.2, 0.25) is 0 Å². The average Bonchev–Trinajstić information content (AvgIpc) is 2.64. The summed E-state index contributed by atoms with van der Waals surface area (Å²) in [4.78, 5) is 8.08. The lowest BCUT2D eigenvalue weighted by atomic mass is 10.0. The van der Waals surface area contributed by atoms with Gasteiger partial charge in [0.1, 0.15) is 0 Å². The van der Waals surface area contributed by atoms with Crippen LogP contribution in [0.5, 0.6) is 0 Å². The highest BCUT2D eigenvalue weighted by Gasteiger charge is 2.31. The van der Waals surface area contributed by atoms with Crippen LogP contribution in [-0.4, -0.2) is 30.6 Å². The molecule has 2 heterocycles. The van der Waals surface area contributed by atoms with E-state index in [1.807, 2.05) is 11.8 Å². The maximum absolute atomic E-state index is 2.67. The summed E-state index contributed by atoms with van der Waals surface area (Å²) in [6.45, 7) is 5.99. The molecule has 0 N–H and O–H groups in total. The van der Waals surface area contributed by atoms with Gasteiger partial charge in [-0.1, -0.05) is 49.4 Å². The van der Waals surface area contributed by atoms with Crippen molar-refractivity contribution in [2.24, 2.45) is 0 Å². The predicted molar refractivity (Wildman–Crippen MR) is 104 cm³/mol. The number of para-hydroxylation sites is 2. The van der Waals surface area contributed by atoms with E-state index in [2.05, 4.69) is 65.3 Å². The van der Waals surface area contributed by atoms with Gasteiger partial charge < -0.3 is 9.80 Å². The van der Waals surface area contributed by atoms with Crippen molar-refractivity contribution in [2.75, 3.05) is 24.5 Å². The molecular formula is C21H26N2S.